The molecule has 24 heavy (non-hydrogen) atoms. The standard InChI is InChI=1S/C18H18N2O4/c1-11-15(12(2)24-19-11)16(21)20-9-5-8-18(10-20)14-7-4-3-6-13(14)17(22)23-18/h3-4,6-7H,5,8-10H2,1-2H3. The van der Waals surface area contributed by atoms with Gasteiger partial charge in [0.2, 0.25) is 0 Å². The van der Waals surface area contributed by atoms with Gasteiger partial charge in [-0.3, -0.25) is 4.79 Å². The van der Waals surface area contributed by atoms with E-state index in [4.69, 9.17) is 9.26 Å². The molecule has 1 amide bonds. The van der Waals surface area contributed by atoms with Crippen molar-refractivity contribution in [3.05, 3.63) is 52.4 Å². The van der Waals surface area contributed by atoms with Gasteiger partial charge in [-0.05, 0) is 32.8 Å². The van der Waals surface area contributed by atoms with Gasteiger partial charge in [0.15, 0.2) is 5.60 Å². The second kappa shape index (κ2) is 5.19. The number of aryl methyl sites for hydroxylation is 2. The van der Waals surface area contributed by atoms with Crippen LogP contribution in [0, 0.1) is 13.8 Å². The van der Waals surface area contributed by atoms with Gasteiger partial charge < -0.3 is 14.2 Å². The fraction of sp³-hybridized carbons (Fsp3) is 0.389. The Morgan fingerprint density at radius 1 is 1.29 bits per heavy atom. The second-order valence-electron chi connectivity index (χ2n) is 6.46. The molecular weight excluding hydrogens is 308 g/mol. The average molecular weight is 326 g/mol. The van der Waals surface area contributed by atoms with Crippen molar-refractivity contribution in [1.82, 2.24) is 10.1 Å². The number of rotatable bonds is 1. The molecule has 2 aromatic rings. The van der Waals surface area contributed by atoms with E-state index >= 15 is 0 Å². The highest BCUT2D eigenvalue weighted by molar-refractivity contribution is 5.97. The second-order valence-corrected chi connectivity index (χ2v) is 6.46. The van der Waals surface area contributed by atoms with Crippen LogP contribution in [0.4, 0.5) is 0 Å². The SMILES string of the molecule is Cc1noc(C)c1C(=O)N1CCCC2(C1)OC(=O)c1ccccc12. The molecule has 1 aromatic heterocycles. The van der Waals surface area contributed by atoms with Gasteiger partial charge in [0.25, 0.3) is 5.91 Å². The lowest BCUT2D eigenvalue weighted by molar-refractivity contribution is -0.0442. The van der Waals surface area contributed by atoms with Crippen LogP contribution in [0.2, 0.25) is 0 Å². The zero-order valence-electron chi connectivity index (χ0n) is 13.7. The Kier molecular flexibility index (Phi) is 3.23. The Morgan fingerprint density at radius 3 is 2.83 bits per heavy atom. The number of piperidine rings is 1. The van der Waals surface area contributed by atoms with E-state index in [1.54, 1.807) is 24.8 Å². The van der Waals surface area contributed by atoms with Crippen molar-refractivity contribution >= 4 is 11.9 Å². The number of hydrogen-bond donors (Lipinski definition) is 0. The molecule has 1 saturated heterocycles. The lowest BCUT2D eigenvalue weighted by atomic mass is 9.84. The predicted molar refractivity (Wildman–Crippen MR) is 84.7 cm³/mol. The third-order valence-electron chi connectivity index (χ3n) is 4.92. The van der Waals surface area contributed by atoms with Gasteiger partial charge in [-0.25, -0.2) is 4.79 Å². The molecule has 2 aliphatic heterocycles. The van der Waals surface area contributed by atoms with Crippen LogP contribution < -0.4 is 0 Å². The lowest BCUT2D eigenvalue weighted by Crippen LogP contribution is -2.49. The van der Waals surface area contributed by atoms with Gasteiger partial charge in [0, 0.05) is 12.1 Å². The summed E-state index contributed by atoms with van der Waals surface area (Å²) in [5.41, 5.74) is 1.83. The third kappa shape index (κ3) is 2.06. The Balaban J connectivity index is 1.68. The van der Waals surface area contributed by atoms with E-state index < -0.39 is 5.60 Å². The number of carbonyl (C=O) groups is 2. The fourth-order valence-corrected chi connectivity index (χ4v) is 3.79. The van der Waals surface area contributed by atoms with Crippen molar-refractivity contribution in [2.45, 2.75) is 32.3 Å². The molecule has 4 rings (SSSR count). The zero-order valence-corrected chi connectivity index (χ0v) is 13.7. The van der Waals surface area contributed by atoms with Crippen LogP contribution in [0.1, 0.15) is 50.6 Å². The number of nitrogens with zero attached hydrogens (tertiary/aromatic N) is 2. The molecule has 2 aliphatic rings. The molecule has 1 fully saturated rings. The minimum Gasteiger partial charge on any atom is -0.449 e. The molecule has 0 bridgehead atoms. The molecule has 6 heteroatoms. The molecule has 1 unspecified atom stereocenters. The van der Waals surface area contributed by atoms with Gasteiger partial charge in [-0.1, -0.05) is 23.4 Å². The van der Waals surface area contributed by atoms with Crippen LogP contribution in [0.25, 0.3) is 0 Å². The van der Waals surface area contributed by atoms with Gasteiger partial charge in [0.05, 0.1) is 17.8 Å². The Labute approximate surface area is 139 Å². The topological polar surface area (TPSA) is 72.6 Å². The molecule has 1 atom stereocenters. The zero-order chi connectivity index (χ0) is 16.9. The van der Waals surface area contributed by atoms with E-state index in [-0.39, 0.29) is 11.9 Å². The first kappa shape index (κ1) is 14.9. The molecule has 1 spiro atoms. The summed E-state index contributed by atoms with van der Waals surface area (Å²) in [6.45, 7) is 4.48. The van der Waals surface area contributed by atoms with Crippen LogP contribution in [-0.2, 0) is 10.3 Å². The van der Waals surface area contributed by atoms with Crippen molar-refractivity contribution in [2.24, 2.45) is 0 Å². The summed E-state index contributed by atoms with van der Waals surface area (Å²) in [6.07, 6.45) is 1.50. The number of amides is 1. The molecule has 3 heterocycles. The number of carbonyl (C=O) groups excluding carboxylic acids is 2. The third-order valence-corrected chi connectivity index (χ3v) is 4.92. The minimum absolute atomic E-state index is 0.120. The van der Waals surface area contributed by atoms with Crippen LogP contribution in [0.5, 0.6) is 0 Å². The maximum absolute atomic E-state index is 12.9. The van der Waals surface area contributed by atoms with Crippen molar-refractivity contribution in [3.8, 4) is 0 Å². The molecule has 6 nitrogen and oxygen atoms in total. The Morgan fingerprint density at radius 2 is 2.08 bits per heavy atom. The van der Waals surface area contributed by atoms with E-state index in [0.29, 0.717) is 35.7 Å². The van der Waals surface area contributed by atoms with Crippen LogP contribution in [-0.4, -0.2) is 35.0 Å². The molecular formula is C18H18N2O4. The smallest absolute Gasteiger partial charge is 0.339 e. The van der Waals surface area contributed by atoms with Gasteiger partial charge in [-0.2, -0.15) is 0 Å². The molecule has 0 radical (unpaired) electrons. The highest BCUT2D eigenvalue weighted by Crippen LogP contribution is 2.43. The largest absolute Gasteiger partial charge is 0.449 e. The van der Waals surface area contributed by atoms with E-state index in [1.165, 1.54) is 0 Å². The van der Waals surface area contributed by atoms with E-state index in [9.17, 15) is 9.59 Å². The summed E-state index contributed by atoms with van der Waals surface area (Å²) < 4.78 is 10.9. The Bertz CT molecular complexity index is 822. The van der Waals surface area contributed by atoms with Gasteiger partial charge >= 0.3 is 5.97 Å². The number of fused-ring (bicyclic) bond motifs is 2. The average Bonchev–Trinajstić information content (AvgIpc) is 3.05. The molecule has 0 saturated carbocycles. The summed E-state index contributed by atoms with van der Waals surface area (Å²) in [4.78, 5) is 26.9. The van der Waals surface area contributed by atoms with Gasteiger partial charge in [-0.15, -0.1) is 0 Å². The molecule has 124 valence electrons. The molecule has 1 aromatic carbocycles. The fourth-order valence-electron chi connectivity index (χ4n) is 3.79. The normalized spacial score (nSPS) is 22.6. The van der Waals surface area contributed by atoms with Crippen molar-refractivity contribution < 1.29 is 18.8 Å². The molecule has 0 aliphatic carbocycles. The van der Waals surface area contributed by atoms with E-state index in [1.807, 2.05) is 18.2 Å². The first-order chi connectivity index (χ1) is 11.5. The van der Waals surface area contributed by atoms with Crippen molar-refractivity contribution in [2.75, 3.05) is 13.1 Å². The number of ether oxygens (including phenoxy) is 1. The quantitative estimate of drug-likeness (QED) is 0.753. The van der Waals surface area contributed by atoms with Crippen LogP contribution in [0.15, 0.2) is 28.8 Å². The van der Waals surface area contributed by atoms with Gasteiger partial charge in [0.1, 0.15) is 11.3 Å². The highest BCUT2D eigenvalue weighted by Gasteiger charge is 2.49. The lowest BCUT2D eigenvalue weighted by Gasteiger charge is -2.39. The van der Waals surface area contributed by atoms with Crippen LogP contribution in [0.3, 0.4) is 0 Å². The number of esters is 1. The van der Waals surface area contributed by atoms with E-state index in [2.05, 4.69) is 5.16 Å². The van der Waals surface area contributed by atoms with Crippen molar-refractivity contribution in [3.63, 3.8) is 0 Å². The number of hydrogen-bond acceptors (Lipinski definition) is 5. The van der Waals surface area contributed by atoms with Crippen LogP contribution >= 0.6 is 0 Å². The van der Waals surface area contributed by atoms with Crippen molar-refractivity contribution in [1.29, 1.82) is 0 Å². The summed E-state index contributed by atoms with van der Waals surface area (Å²) in [6, 6.07) is 7.43. The molecule has 0 N–H and O–H groups in total. The summed E-state index contributed by atoms with van der Waals surface area (Å²) >= 11 is 0. The number of benzene rings is 1. The predicted octanol–water partition coefficient (Wildman–Crippen LogP) is 2.59. The number of aromatic nitrogens is 1. The number of likely N-dealkylation sites (tertiary alicyclic amines) is 1. The Hall–Kier alpha value is -2.63. The maximum Gasteiger partial charge on any atom is 0.339 e. The monoisotopic (exact) mass is 326 g/mol. The summed E-state index contributed by atoms with van der Waals surface area (Å²) in [5.74, 6) is 0.0870. The minimum atomic E-state index is -0.736. The summed E-state index contributed by atoms with van der Waals surface area (Å²) in [5, 5.41) is 3.86. The maximum atomic E-state index is 12.9. The first-order valence-corrected chi connectivity index (χ1v) is 8.07. The summed E-state index contributed by atoms with van der Waals surface area (Å²) in [7, 11) is 0. The first-order valence-electron chi connectivity index (χ1n) is 8.07. The highest BCUT2D eigenvalue weighted by atomic mass is 16.6. The van der Waals surface area contributed by atoms with E-state index in [0.717, 1.165) is 18.4 Å².